The first-order chi connectivity index (χ1) is 6.77. The second kappa shape index (κ2) is 4.31. The van der Waals surface area contributed by atoms with Gasteiger partial charge in [0.2, 0.25) is 0 Å². The van der Waals surface area contributed by atoms with E-state index in [1.807, 2.05) is 24.4 Å². The van der Waals surface area contributed by atoms with Crippen LogP contribution >= 0.6 is 34.2 Å². The van der Waals surface area contributed by atoms with Gasteiger partial charge in [-0.15, -0.1) is 0 Å². The molecule has 72 valence electrons. The van der Waals surface area contributed by atoms with E-state index in [-0.39, 0.29) is 0 Å². The number of benzene rings is 1. The van der Waals surface area contributed by atoms with Gasteiger partial charge in [0.05, 0.1) is 5.02 Å². The number of nitrogens with zero attached hydrogens (tertiary/aromatic N) is 1. The van der Waals surface area contributed by atoms with Gasteiger partial charge in [-0.25, -0.2) is 4.98 Å². The molecule has 2 rings (SSSR count). The number of nitrogens with one attached hydrogen (secondary N) is 1. The molecule has 0 fully saturated rings. The van der Waals surface area contributed by atoms with E-state index in [9.17, 15) is 0 Å². The summed E-state index contributed by atoms with van der Waals surface area (Å²) in [4.78, 5) is 7.23. The summed E-state index contributed by atoms with van der Waals surface area (Å²) < 4.78 is 1.08. The van der Waals surface area contributed by atoms with E-state index in [4.69, 9.17) is 11.6 Å². The van der Waals surface area contributed by atoms with Gasteiger partial charge in [-0.3, -0.25) is 0 Å². The Hall–Kier alpha value is -0.550. The van der Waals surface area contributed by atoms with Gasteiger partial charge in [-0.05, 0) is 34.2 Å². The molecule has 0 aliphatic heterocycles. The molecule has 0 aliphatic carbocycles. The van der Waals surface area contributed by atoms with Gasteiger partial charge in [0.1, 0.15) is 5.82 Å². The molecule has 1 heterocycles. The molecule has 0 aliphatic rings. The van der Waals surface area contributed by atoms with Crippen LogP contribution in [0.2, 0.25) is 5.02 Å². The number of hydrogen-bond acceptors (Lipinski definition) is 1. The van der Waals surface area contributed by atoms with Crippen LogP contribution in [0.1, 0.15) is 11.4 Å². The zero-order chi connectivity index (χ0) is 9.97. The van der Waals surface area contributed by atoms with E-state index in [2.05, 4.69) is 32.6 Å². The van der Waals surface area contributed by atoms with Crippen LogP contribution in [0.15, 0.2) is 30.6 Å². The Kier molecular flexibility index (Phi) is 3.08. The van der Waals surface area contributed by atoms with Crippen molar-refractivity contribution in [3.63, 3.8) is 0 Å². The Morgan fingerprint density at radius 3 is 3.00 bits per heavy atom. The van der Waals surface area contributed by atoms with E-state index < -0.39 is 0 Å². The van der Waals surface area contributed by atoms with Gasteiger partial charge in [0.15, 0.2) is 0 Å². The van der Waals surface area contributed by atoms with Crippen LogP contribution in [-0.2, 0) is 6.42 Å². The predicted octanol–water partition coefficient (Wildman–Crippen LogP) is 3.26. The molecule has 2 aromatic rings. The molecule has 0 amide bonds. The molecule has 14 heavy (non-hydrogen) atoms. The molecule has 1 N–H and O–H groups in total. The zero-order valence-electron chi connectivity index (χ0n) is 7.30. The molecule has 1 aromatic heterocycles. The quantitative estimate of drug-likeness (QED) is 0.846. The fourth-order valence-corrected chi connectivity index (χ4v) is 2.01. The molecular weight excluding hydrogens is 310 g/mol. The summed E-state index contributed by atoms with van der Waals surface area (Å²) in [6.07, 6.45) is 4.32. The average molecular weight is 319 g/mol. The maximum absolute atomic E-state index is 6.16. The monoisotopic (exact) mass is 318 g/mol. The van der Waals surface area contributed by atoms with E-state index in [0.29, 0.717) is 0 Å². The number of rotatable bonds is 2. The molecule has 0 saturated carbocycles. The highest BCUT2D eigenvalue weighted by atomic mass is 127. The summed E-state index contributed by atoms with van der Waals surface area (Å²) in [5.41, 5.74) is 1.11. The minimum absolute atomic E-state index is 0.753. The molecule has 2 nitrogen and oxygen atoms in total. The third kappa shape index (κ3) is 2.09. The summed E-state index contributed by atoms with van der Waals surface area (Å²) in [7, 11) is 0. The molecule has 4 heteroatoms. The van der Waals surface area contributed by atoms with Crippen molar-refractivity contribution >= 4 is 34.2 Å². The lowest BCUT2D eigenvalue weighted by Crippen LogP contribution is -1.92. The first kappa shape index (κ1) is 9.98. The minimum atomic E-state index is 0.753. The van der Waals surface area contributed by atoms with Crippen LogP contribution in [0.3, 0.4) is 0 Å². The van der Waals surface area contributed by atoms with Crippen molar-refractivity contribution in [2.45, 2.75) is 6.42 Å². The van der Waals surface area contributed by atoms with Gasteiger partial charge in [0, 0.05) is 22.4 Å². The summed E-state index contributed by atoms with van der Waals surface area (Å²) in [5.74, 6) is 0.939. The van der Waals surface area contributed by atoms with Crippen molar-refractivity contribution in [2.75, 3.05) is 0 Å². The van der Waals surface area contributed by atoms with Gasteiger partial charge in [0.25, 0.3) is 0 Å². The lowest BCUT2D eigenvalue weighted by molar-refractivity contribution is 1.02. The van der Waals surface area contributed by atoms with E-state index in [0.717, 1.165) is 26.4 Å². The number of H-pyrrole nitrogens is 1. The Labute approximate surface area is 101 Å². The number of halogens is 2. The fourth-order valence-electron chi connectivity index (χ4n) is 1.26. The van der Waals surface area contributed by atoms with Crippen molar-refractivity contribution in [2.24, 2.45) is 0 Å². The predicted molar refractivity (Wildman–Crippen MR) is 65.6 cm³/mol. The first-order valence-electron chi connectivity index (χ1n) is 4.18. The Bertz CT molecular complexity index is 426. The smallest absolute Gasteiger partial charge is 0.110 e. The lowest BCUT2D eigenvalue weighted by atomic mass is 10.1. The van der Waals surface area contributed by atoms with E-state index in [1.165, 1.54) is 0 Å². The largest absolute Gasteiger partial charge is 0.348 e. The normalized spacial score (nSPS) is 10.4. The third-order valence-corrected chi connectivity index (χ3v) is 3.61. The number of imidazole rings is 1. The Morgan fingerprint density at radius 2 is 2.29 bits per heavy atom. The number of aromatic amines is 1. The molecular formula is C10H8ClIN2. The van der Waals surface area contributed by atoms with Crippen LogP contribution in [0.5, 0.6) is 0 Å². The highest BCUT2D eigenvalue weighted by molar-refractivity contribution is 14.1. The summed E-state index contributed by atoms with van der Waals surface area (Å²) >= 11 is 8.39. The van der Waals surface area contributed by atoms with Crippen molar-refractivity contribution < 1.29 is 0 Å². The highest BCUT2D eigenvalue weighted by Crippen LogP contribution is 2.23. The summed E-state index contributed by atoms with van der Waals surface area (Å²) in [5, 5.41) is 0.824. The summed E-state index contributed by atoms with van der Waals surface area (Å²) in [6, 6.07) is 6.02. The van der Waals surface area contributed by atoms with Gasteiger partial charge in [-0.1, -0.05) is 23.7 Å². The standard InChI is InChI=1S/C10H8ClIN2/c11-10-7(2-1-3-8(10)12)6-9-13-4-5-14-9/h1-5H,6H2,(H,13,14). The Balaban J connectivity index is 2.29. The maximum Gasteiger partial charge on any atom is 0.110 e. The molecule has 0 saturated heterocycles. The van der Waals surface area contributed by atoms with Crippen LogP contribution in [0.4, 0.5) is 0 Å². The second-order valence-corrected chi connectivity index (χ2v) is 4.47. The van der Waals surface area contributed by atoms with Crippen LogP contribution in [-0.4, -0.2) is 9.97 Å². The molecule has 0 radical (unpaired) electrons. The average Bonchev–Trinajstić information content (AvgIpc) is 2.66. The van der Waals surface area contributed by atoms with Gasteiger partial charge in [-0.2, -0.15) is 0 Å². The van der Waals surface area contributed by atoms with E-state index >= 15 is 0 Å². The van der Waals surface area contributed by atoms with Crippen LogP contribution < -0.4 is 0 Å². The SMILES string of the molecule is Clc1c(I)cccc1Cc1ncc[nH]1. The Morgan fingerprint density at radius 1 is 1.43 bits per heavy atom. The first-order valence-corrected chi connectivity index (χ1v) is 5.64. The molecule has 0 atom stereocenters. The minimum Gasteiger partial charge on any atom is -0.348 e. The van der Waals surface area contributed by atoms with Crippen LogP contribution in [0.25, 0.3) is 0 Å². The topological polar surface area (TPSA) is 28.7 Å². The third-order valence-electron chi connectivity index (χ3n) is 1.94. The van der Waals surface area contributed by atoms with Crippen molar-refractivity contribution in [1.29, 1.82) is 0 Å². The fraction of sp³-hybridized carbons (Fsp3) is 0.100. The van der Waals surface area contributed by atoms with Crippen LogP contribution in [0, 0.1) is 3.57 Å². The molecule has 1 aromatic carbocycles. The maximum atomic E-state index is 6.16. The van der Waals surface area contributed by atoms with Crippen molar-refractivity contribution in [1.82, 2.24) is 9.97 Å². The summed E-state index contributed by atoms with van der Waals surface area (Å²) in [6.45, 7) is 0. The number of aromatic nitrogens is 2. The molecule has 0 spiro atoms. The van der Waals surface area contributed by atoms with Crippen molar-refractivity contribution in [3.05, 3.63) is 50.6 Å². The van der Waals surface area contributed by atoms with Crippen molar-refractivity contribution in [3.8, 4) is 0 Å². The number of hydrogen-bond donors (Lipinski definition) is 1. The van der Waals surface area contributed by atoms with Gasteiger partial charge < -0.3 is 4.98 Å². The second-order valence-electron chi connectivity index (χ2n) is 2.93. The highest BCUT2D eigenvalue weighted by Gasteiger charge is 2.05. The lowest BCUT2D eigenvalue weighted by Gasteiger charge is -2.03. The molecule has 0 unspecified atom stereocenters. The zero-order valence-corrected chi connectivity index (χ0v) is 10.2. The molecule has 0 bridgehead atoms. The van der Waals surface area contributed by atoms with Gasteiger partial charge >= 0.3 is 0 Å². The van der Waals surface area contributed by atoms with E-state index in [1.54, 1.807) is 6.20 Å².